The van der Waals surface area contributed by atoms with Gasteiger partial charge in [-0.1, -0.05) is 18.2 Å². The first-order valence-corrected chi connectivity index (χ1v) is 7.11. The van der Waals surface area contributed by atoms with E-state index in [0.29, 0.717) is 18.8 Å². The van der Waals surface area contributed by atoms with E-state index in [2.05, 4.69) is 0 Å². The van der Waals surface area contributed by atoms with Crippen molar-refractivity contribution in [2.75, 3.05) is 19.5 Å². The van der Waals surface area contributed by atoms with E-state index in [4.69, 9.17) is 16.3 Å². The Hall–Kier alpha value is -1.22. The third-order valence-corrected chi connectivity index (χ3v) is 3.28. The van der Waals surface area contributed by atoms with Crippen molar-refractivity contribution in [2.24, 2.45) is 0 Å². The zero-order chi connectivity index (χ0) is 14.3. The molecule has 106 valence electrons. The highest BCUT2D eigenvalue weighted by molar-refractivity contribution is 6.17. The number of para-hydroxylation sites is 1. The summed E-state index contributed by atoms with van der Waals surface area (Å²) in [5.41, 5.74) is 0.923. The minimum Gasteiger partial charge on any atom is -0.496 e. The van der Waals surface area contributed by atoms with Gasteiger partial charge in [-0.2, -0.15) is 0 Å². The van der Waals surface area contributed by atoms with Gasteiger partial charge in [-0.3, -0.25) is 4.79 Å². The number of alkyl halides is 1. The maximum Gasteiger partial charge on any atom is 0.227 e. The average molecular weight is 284 g/mol. The van der Waals surface area contributed by atoms with E-state index in [-0.39, 0.29) is 11.9 Å². The summed E-state index contributed by atoms with van der Waals surface area (Å²) in [5, 5.41) is 0. The zero-order valence-corrected chi connectivity index (χ0v) is 12.6. The molecule has 1 rings (SSSR count). The van der Waals surface area contributed by atoms with Crippen molar-refractivity contribution in [3.63, 3.8) is 0 Å². The molecule has 0 aliphatic heterocycles. The first kappa shape index (κ1) is 15.8. The van der Waals surface area contributed by atoms with Crippen LogP contribution in [-0.2, 0) is 11.2 Å². The second-order valence-electron chi connectivity index (χ2n) is 4.71. The lowest BCUT2D eigenvalue weighted by Gasteiger charge is -2.27. The van der Waals surface area contributed by atoms with Crippen LogP contribution < -0.4 is 4.74 Å². The Balaban J connectivity index is 2.75. The molecule has 0 saturated heterocycles. The average Bonchev–Trinajstić information content (AvgIpc) is 2.39. The fourth-order valence-corrected chi connectivity index (χ4v) is 2.13. The molecule has 0 radical (unpaired) electrons. The molecule has 4 heteroatoms. The summed E-state index contributed by atoms with van der Waals surface area (Å²) in [5.74, 6) is 1.45. The molecule has 0 heterocycles. The predicted molar refractivity (Wildman–Crippen MR) is 78.9 cm³/mol. The first-order chi connectivity index (χ1) is 9.10. The Bertz CT molecular complexity index is 407. The smallest absolute Gasteiger partial charge is 0.227 e. The van der Waals surface area contributed by atoms with Crippen LogP contribution in [0.4, 0.5) is 0 Å². The number of rotatable bonds is 7. The fourth-order valence-electron chi connectivity index (χ4n) is 2.01. The summed E-state index contributed by atoms with van der Waals surface area (Å²) in [6.07, 6.45) is 1.18. The molecule has 1 amide bonds. The summed E-state index contributed by atoms with van der Waals surface area (Å²) in [7, 11) is 1.62. The van der Waals surface area contributed by atoms with Crippen molar-refractivity contribution < 1.29 is 9.53 Å². The van der Waals surface area contributed by atoms with Crippen molar-refractivity contribution in [2.45, 2.75) is 32.7 Å². The Kier molecular flexibility index (Phi) is 6.71. The van der Waals surface area contributed by atoms with E-state index < -0.39 is 0 Å². The van der Waals surface area contributed by atoms with Gasteiger partial charge in [0.1, 0.15) is 5.75 Å². The van der Waals surface area contributed by atoms with Gasteiger partial charge in [0.15, 0.2) is 0 Å². The molecule has 0 unspecified atom stereocenters. The van der Waals surface area contributed by atoms with Gasteiger partial charge < -0.3 is 9.64 Å². The van der Waals surface area contributed by atoms with Crippen LogP contribution in [0.1, 0.15) is 25.8 Å². The van der Waals surface area contributed by atoms with Crippen LogP contribution >= 0.6 is 11.6 Å². The number of methoxy groups -OCH3 is 1. The van der Waals surface area contributed by atoms with Crippen LogP contribution in [0.3, 0.4) is 0 Å². The number of carbonyl (C=O) groups is 1. The highest BCUT2D eigenvalue weighted by Crippen LogP contribution is 2.19. The molecule has 1 aromatic carbocycles. The van der Waals surface area contributed by atoms with Gasteiger partial charge in [-0.25, -0.2) is 0 Å². The third kappa shape index (κ3) is 4.75. The van der Waals surface area contributed by atoms with Crippen LogP contribution in [0.5, 0.6) is 5.75 Å². The number of halogens is 1. The molecule has 0 bridgehead atoms. The summed E-state index contributed by atoms with van der Waals surface area (Å²) in [6.45, 7) is 4.75. The summed E-state index contributed by atoms with van der Waals surface area (Å²) >= 11 is 5.70. The Morgan fingerprint density at radius 3 is 2.63 bits per heavy atom. The number of benzene rings is 1. The quantitative estimate of drug-likeness (QED) is 0.720. The van der Waals surface area contributed by atoms with E-state index in [1.54, 1.807) is 7.11 Å². The van der Waals surface area contributed by atoms with Gasteiger partial charge in [0.2, 0.25) is 5.91 Å². The van der Waals surface area contributed by atoms with E-state index in [1.807, 2.05) is 43.0 Å². The molecular weight excluding hydrogens is 262 g/mol. The van der Waals surface area contributed by atoms with Crippen LogP contribution in [0, 0.1) is 0 Å². The lowest BCUT2D eigenvalue weighted by atomic mass is 10.1. The van der Waals surface area contributed by atoms with Crippen molar-refractivity contribution >= 4 is 17.5 Å². The number of hydrogen-bond acceptors (Lipinski definition) is 2. The second-order valence-corrected chi connectivity index (χ2v) is 5.09. The number of nitrogens with zero attached hydrogens (tertiary/aromatic N) is 1. The fraction of sp³-hybridized carbons (Fsp3) is 0.533. The minimum absolute atomic E-state index is 0.115. The number of ether oxygens (including phenoxy) is 1. The van der Waals surface area contributed by atoms with Gasteiger partial charge >= 0.3 is 0 Å². The first-order valence-electron chi connectivity index (χ1n) is 6.57. The highest BCUT2D eigenvalue weighted by Gasteiger charge is 2.18. The summed E-state index contributed by atoms with van der Waals surface area (Å²) in [6, 6.07) is 7.81. The molecule has 0 aliphatic rings. The molecule has 0 aliphatic carbocycles. The lowest BCUT2D eigenvalue weighted by Crippen LogP contribution is -2.38. The molecule has 0 atom stereocenters. The minimum atomic E-state index is 0.115. The van der Waals surface area contributed by atoms with Crippen molar-refractivity contribution in [1.82, 2.24) is 4.90 Å². The van der Waals surface area contributed by atoms with E-state index in [9.17, 15) is 4.79 Å². The van der Waals surface area contributed by atoms with Crippen LogP contribution in [0.2, 0.25) is 0 Å². The van der Waals surface area contributed by atoms with Gasteiger partial charge in [-0.15, -0.1) is 11.6 Å². The van der Waals surface area contributed by atoms with Crippen LogP contribution in [0.25, 0.3) is 0 Å². The van der Waals surface area contributed by atoms with Gasteiger partial charge in [-0.05, 0) is 26.3 Å². The van der Waals surface area contributed by atoms with E-state index in [0.717, 1.165) is 17.7 Å². The van der Waals surface area contributed by atoms with Gasteiger partial charge in [0, 0.05) is 24.0 Å². The van der Waals surface area contributed by atoms with Gasteiger partial charge in [0.25, 0.3) is 0 Å². The Morgan fingerprint density at radius 2 is 2.05 bits per heavy atom. The monoisotopic (exact) mass is 283 g/mol. The molecule has 3 nitrogen and oxygen atoms in total. The SMILES string of the molecule is COc1ccccc1CC(=O)N(CCCCl)C(C)C. The Morgan fingerprint density at radius 1 is 1.37 bits per heavy atom. The summed E-state index contributed by atoms with van der Waals surface area (Å²) in [4.78, 5) is 14.2. The molecule has 0 aromatic heterocycles. The molecule has 1 aromatic rings. The third-order valence-electron chi connectivity index (χ3n) is 3.01. The molecular formula is C15H22ClNO2. The second kappa shape index (κ2) is 8.05. The van der Waals surface area contributed by atoms with Crippen molar-refractivity contribution in [3.05, 3.63) is 29.8 Å². The molecule has 0 fully saturated rings. The number of hydrogen-bond donors (Lipinski definition) is 0. The topological polar surface area (TPSA) is 29.5 Å². The van der Waals surface area contributed by atoms with Crippen molar-refractivity contribution in [3.8, 4) is 5.75 Å². The van der Waals surface area contributed by atoms with E-state index >= 15 is 0 Å². The standard InChI is InChI=1S/C15H22ClNO2/c1-12(2)17(10-6-9-16)15(18)11-13-7-4-5-8-14(13)19-3/h4-5,7-8,12H,6,9-11H2,1-3H3. The molecule has 0 saturated carbocycles. The van der Waals surface area contributed by atoms with Crippen LogP contribution in [0.15, 0.2) is 24.3 Å². The maximum absolute atomic E-state index is 12.4. The van der Waals surface area contributed by atoms with Crippen molar-refractivity contribution in [1.29, 1.82) is 0 Å². The predicted octanol–water partition coefficient (Wildman–Crippen LogP) is 3.10. The number of amides is 1. The molecule has 0 N–H and O–H groups in total. The maximum atomic E-state index is 12.4. The molecule has 0 spiro atoms. The zero-order valence-electron chi connectivity index (χ0n) is 11.9. The Labute approximate surface area is 120 Å². The lowest BCUT2D eigenvalue weighted by molar-refractivity contribution is -0.132. The normalized spacial score (nSPS) is 10.6. The molecule has 19 heavy (non-hydrogen) atoms. The number of carbonyl (C=O) groups excluding carboxylic acids is 1. The largest absolute Gasteiger partial charge is 0.496 e. The summed E-state index contributed by atoms with van der Waals surface area (Å²) < 4.78 is 5.28. The van der Waals surface area contributed by atoms with Gasteiger partial charge in [0.05, 0.1) is 13.5 Å². The van der Waals surface area contributed by atoms with E-state index in [1.165, 1.54) is 0 Å². The highest BCUT2D eigenvalue weighted by atomic mass is 35.5. The van der Waals surface area contributed by atoms with Crippen LogP contribution in [-0.4, -0.2) is 36.4 Å².